The van der Waals surface area contributed by atoms with Crippen molar-refractivity contribution >= 4 is 52.0 Å². The summed E-state index contributed by atoms with van der Waals surface area (Å²) in [5.74, 6) is -5.38. The van der Waals surface area contributed by atoms with Crippen molar-refractivity contribution in [2.24, 2.45) is 5.73 Å². The number of amides is 2. The molecule has 2 heterocycles. The Morgan fingerprint density at radius 2 is 1.97 bits per heavy atom. The number of hydrogen-bond donors (Lipinski definition) is 7. The Morgan fingerprint density at radius 1 is 1.25 bits per heavy atom. The molecule has 3 rings (SSSR count). The van der Waals surface area contributed by atoms with Crippen molar-refractivity contribution in [3.63, 3.8) is 0 Å². The summed E-state index contributed by atoms with van der Waals surface area (Å²) in [6.07, 6.45) is 1.31. The summed E-state index contributed by atoms with van der Waals surface area (Å²) in [7, 11) is 0. The minimum atomic E-state index is -1.28. The predicted octanol–water partition coefficient (Wildman–Crippen LogP) is -1.06. The third-order valence-electron chi connectivity index (χ3n) is 5.83. The van der Waals surface area contributed by atoms with Gasteiger partial charge in [0.05, 0.1) is 11.3 Å². The molecule has 0 aromatic carbocycles. The second kappa shape index (κ2) is 11.5. The molecule has 1 aromatic heterocycles. The van der Waals surface area contributed by atoms with Gasteiger partial charge in [-0.3, -0.25) is 28.8 Å². The summed E-state index contributed by atoms with van der Waals surface area (Å²) in [6, 6.07) is -2.51. The lowest BCUT2D eigenvalue weighted by Crippen LogP contribution is -2.49. The topological polar surface area (TPSA) is 221 Å². The highest BCUT2D eigenvalue weighted by Gasteiger charge is 2.35. The normalized spacial score (nSPS) is 18.4. The summed E-state index contributed by atoms with van der Waals surface area (Å²) in [5.41, 5.74) is 7.77. The number of nitrogens with one attached hydrogen (secondary N) is 4. The molecule has 1 unspecified atom stereocenters. The quantitative estimate of drug-likeness (QED) is 0.174. The van der Waals surface area contributed by atoms with E-state index in [4.69, 9.17) is 15.9 Å². The Balaban J connectivity index is 1.77. The molecule has 14 heteroatoms. The largest absolute Gasteiger partial charge is 0.480 e. The van der Waals surface area contributed by atoms with Crippen molar-refractivity contribution in [1.29, 1.82) is 0 Å². The molecule has 194 valence electrons. The molecule has 1 aliphatic heterocycles. The Morgan fingerprint density at radius 3 is 2.64 bits per heavy atom. The van der Waals surface area contributed by atoms with E-state index in [1.54, 1.807) is 0 Å². The minimum Gasteiger partial charge on any atom is -0.480 e. The van der Waals surface area contributed by atoms with Crippen molar-refractivity contribution in [3.8, 4) is 0 Å². The number of Topliss-reactive ketones (excluding diaryl/α,β-unsaturated/α-hetero) is 1. The second-order valence-electron chi connectivity index (χ2n) is 8.42. The number of carbonyl (C=O) groups excluding carboxylic acids is 4. The van der Waals surface area contributed by atoms with Crippen LogP contribution in [0.1, 0.15) is 53.1 Å². The predicted molar refractivity (Wildman–Crippen MR) is 128 cm³/mol. The number of rotatable bonds is 11. The van der Waals surface area contributed by atoms with Gasteiger partial charge in [0.25, 0.3) is 0 Å². The van der Waals surface area contributed by atoms with E-state index in [-0.39, 0.29) is 24.6 Å². The standard InChI is InChI=1S/C22H27N5O8S/c1-9-18-10(4-5-24-9)17-19(27-18)14(6-13(28)20(17)32)36-8-12(21(33)25-7-16(30)31)26-15(29)3-2-11(23)22(34)35/h6,9,11-12,24,27H,2-5,7-8,23H2,1H3,(H,25,33)(H,26,29)(H,30,31)(H,34,35)/t9?,11-,12-/m0/s1. The van der Waals surface area contributed by atoms with Gasteiger partial charge in [-0.15, -0.1) is 11.8 Å². The third kappa shape index (κ3) is 6.19. The van der Waals surface area contributed by atoms with Gasteiger partial charge < -0.3 is 36.9 Å². The molecule has 0 saturated heterocycles. The van der Waals surface area contributed by atoms with Gasteiger partial charge in [0.2, 0.25) is 23.4 Å². The molecule has 2 aliphatic rings. The van der Waals surface area contributed by atoms with Gasteiger partial charge in [-0.1, -0.05) is 0 Å². The number of thioether (sulfide) groups is 1. The number of hydrogen-bond acceptors (Lipinski definition) is 9. The number of aliphatic carboxylic acids is 2. The number of ketones is 2. The lowest BCUT2D eigenvalue weighted by atomic mass is 9.92. The highest BCUT2D eigenvalue weighted by atomic mass is 32.2. The van der Waals surface area contributed by atoms with Crippen LogP contribution in [0.2, 0.25) is 0 Å². The first-order valence-electron chi connectivity index (χ1n) is 11.2. The number of aromatic amines is 1. The van der Waals surface area contributed by atoms with Crippen LogP contribution in [0.5, 0.6) is 0 Å². The molecule has 0 fully saturated rings. The van der Waals surface area contributed by atoms with E-state index in [1.807, 2.05) is 6.92 Å². The van der Waals surface area contributed by atoms with Gasteiger partial charge in [0.1, 0.15) is 18.6 Å². The summed E-state index contributed by atoms with van der Waals surface area (Å²) in [5, 5.41) is 25.7. The number of aromatic nitrogens is 1. The highest BCUT2D eigenvalue weighted by molar-refractivity contribution is 8.08. The van der Waals surface area contributed by atoms with E-state index >= 15 is 0 Å². The molecule has 1 aromatic rings. The zero-order valence-corrected chi connectivity index (χ0v) is 20.2. The third-order valence-corrected chi connectivity index (χ3v) is 6.96. The Kier molecular flexibility index (Phi) is 8.66. The van der Waals surface area contributed by atoms with E-state index in [0.29, 0.717) is 29.1 Å². The first-order valence-corrected chi connectivity index (χ1v) is 12.2. The molecule has 1 aliphatic carbocycles. The zero-order valence-electron chi connectivity index (χ0n) is 19.4. The smallest absolute Gasteiger partial charge is 0.322 e. The fourth-order valence-electron chi connectivity index (χ4n) is 3.95. The maximum atomic E-state index is 12.6. The van der Waals surface area contributed by atoms with Crippen LogP contribution >= 0.6 is 11.8 Å². The van der Waals surface area contributed by atoms with Crippen LogP contribution in [0.15, 0.2) is 6.08 Å². The molecule has 0 saturated carbocycles. The van der Waals surface area contributed by atoms with E-state index in [9.17, 15) is 28.8 Å². The maximum absolute atomic E-state index is 12.6. The molecule has 0 spiro atoms. The molecular formula is C22H27N5O8S. The number of carbonyl (C=O) groups is 6. The number of carboxylic acid groups (broad SMARTS) is 2. The van der Waals surface area contributed by atoms with Gasteiger partial charge in [-0.2, -0.15) is 0 Å². The van der Waals surface area contributed by atoms with Gasteiger partial charge in [-0.05, 0) is 31.9 Å². The van der Waals surface area contributed by atoms with Crippen molar-refractivity contribution in [3.05, 3.63) is 28.6 Å². The van der Waals surface area contributed by atoms with E-state index in [2.05, 4.69) is 20.9 Å². The average Bonchev–Trinajstić information content (AvgIpc) is 3.22. The average molecular weight is 522 g/mol. The van der Waals surface area contributed by atoms with Gasteiger partial charge in [0, 0.05) is 34.9 Å². The molecular weight excluding hydrogens is 494 g/mol. The zero-order chi connectivity index (χ0) is 26.6. The van der Waals surface area contributed by atoms with E-state index in [0.717, 1.165) is 23.0 Å². The van der Waals surface area contributed by atoms with Crippen LogP contribution in [0, 0.1) is 0 Å². The lowest BCUT2D eigenvalue weighted by Gasteiger charge is -2.21. The van der Waals surface area contributed by atoms with Gasteiger partial charge >= 0.3 is 11.9 Å². The number of H-pyrrole nitrogens is 1. The monoisotopic (exact) mass is 521 g/mol. The van der Waals surface area contributed by atoms with Crippen LogP contribution in [0.4, 0.5) is 0 Å². The van der Waals surface area contributed by atoms with Crippen LogP contribution in [0.25, 0.3) is 4.91 Å². The Bertz CT molecular complexity index is 1140. The lowest BCUT2D eigenvalue weighted by molar-refractivity contribution is -0.139. The number of nitrogens with two attached hydrogens (primary N) is 1. The number of fused-ring (bicyclic) bond motifs is 3. The molecule has 13 nitrogen and oxygen atoms in total. The first kappa shape index (κ1) is 27.1. The second-order valence-corrected chi connectivity index (χ2v) is 9.48. The molecule has 0 radical (unpaired) electrons. The van der Waals surface area contributed by atoms with Crippen LogP contribution in [-0.2, 0) is 30.4 Å². The van der Waals surface area contributed by atoms with Gasteiger partial charge in [0.15, 0.2) is 0 Å². The van der Waals surface area contributed by atoms with Crippen molar-refractivity contribution < 1.29 is 39.0 Å². The number of carboxylic acids is 2. The fourth-order valence-corrected chi connectivity index (χ4v) is 5.02. The first-order chi connectivity index (χ1) is 17.0. The molecule has 36 heavy (non-hydrogen) atoms. The van der Waals surface area contributed by atoms with E-state index < -0.39 is 53.9 Å². The highest BCUT2D eigenvalue weighted by Crippen LogP contribution is 2.39. The minimum absolute atomic E-state index is 0.0560. The molecule has 8 N–H and O–H groups in total. The molecule has 2 amide bonds. The fraction of sp³-hybridized carbons (Fsp3) is 0.455. The van der Waals surface area contributed by atoms with Gasteiger partial charge in [-0.25, -0.2) is 0 Å². The van der Waals surface area contributed by atoms with E-state index in [1.165, 1.54) is 6.08 Å². The van der Waals surface area contributed by atoms with Crippen LogP contribution in [0.3, 0.4) is 0 Å². The summed E-state index contributed by atoms with van der Waals surface area (Å²) in [4.78, 5) is 75.4. The Hall–Kier alpha value is -3.49. The maximum Gasteiger partial charge on any atom is 0.322 e. The van der Waals surface area contributed by atoms with Crippen LogP contribution < -0.4 is 21.7 Å². The SMILES string of the molecule is CC1NCCc2c1[nH]c1c2C(=O)C(=O)C=C1SC[C@H](NC(=O)CC[C@H](N)C(=O)O)C(=O)NCC(=O)O. The molecule has 3 atom stereocenters. The molecule has 0 bridgehead atoms. The number of allylic oxidation sites excluding steroid dienone is 1. The van der Waals surface area contributed by atoms with Crippen molar-refractivity contribution in [2.75, 3.05) is 18.8 Å². The summed E-state index contributed by atoms with van der Waals surface area (Å²) < 4.78 is 0. The summed E-state index contributed by atoms with van der Waals surface area (Å²) >= 11 is 1.05. The van der Waals surface area contributed by atoms with Crippen molar-refractivity contribution in [2.45, 2.75) is 44.3 Å². The summed E-state index contributed by atoms with van der Waals surface area (Å²) in [6.45, 7) is 1.90. The Labute approximate surface area is 209 Å². The van der Waals surface area contributed by atoms with Crippen LogP contribution in [-0.4, -0.2) is 81.4 Å². The van der Waals surface area contributed by atoms with Crippen molar-refractivity contribution in [1.82, 2.24) is 20.9 Å².